The third-order valence-corrected chi connectivity index (χ3v) is 2.29. The molecule has 6 heteroatoms. The molecule has 0 unspecified atom stereocenters. The predicted molar refractivity (Wildman–Crippen MR) is 70.2 cm³/mol. The van der Waals surface area contributed by atoms with Gasteiger partial charge in [-0.05, 0) is 0 Å². The van der Waals surface area contributed by atoms with Crippen molar-refractivity contribution in [1.29, 1.82) is 0 Å². The van der Waals surface area contributed by atoms with Gasteiger partial charge < -0.3 is 9.47 Å². The Kier molecular flexibility index (Phi) is 4.54. The van der Waals surface area contributed by atoms with Crippen LogP contribution in [0.2, 0.25) is 5.02 Å². The Morgan fingerprint density at radius 3 is 2.79 bits per heavy atom. The molecule has 0 aliphatic carbocycles. The number of hydrogen-bond donors (Lipinski definition) is 0. The van der Waals surface area contributed by atoms with Crippen molar-refractivity contribution in [3.05, 3.63) is 41.6 Å². The van der Waals surface area contributed by atoms with Crippen LogP contribution in [0.3, 0.4) is 0 Å². The lowest BCUT2D eigenvalue weighted by Crippen LogP contribution is -1.99. The summed E-state index contributed by atoms with van der Waals surface area (Å²) >= 11 is 5.80. The second-order valence-electron chi connectivity index (χ2n) is 3.38. The van der Waals surface area contributed by atoms with E-state index in [1.54, 1.807) is 18.5 Å². The number of nitrogens with zero attached hydrogens (tertiary/aromatic N) is 3. The van der Waals surface area contributed by atoms with Gasteiger partial charge in [0.25, 0.3) is 5.88 Å². The highest BCUT2D eigenvalue weighted by atomic mass is 35.5. The first kappa shape index (κ1) is 13.1. The van der Waals surface area contributed by atoms with Gasteiger partial charge in [0, 0.05) is 24.7 Å². The van der Waals surface area contributed by atoms with Gasteiger partial charge in [-0.3, -0.25) is 0 Å². The third kappa shape index (κ3) is 3.83. The molecule has 2 heterocycles. The smallest absolute Gasteiger partial charge is 0.258 e. The van der Waals surface area contributed by atoms with Crippen molar-refractivity contribution in [2.24, 2.45) is 0 Å². The number of halogens is 1. The van der Waals surface area contributed by atoms with Crippen molar-refractivity contribution in [3.63, 3.8) is 0 Å². The van der Waals surface area contributed by atoms with Crippen LogP contribution in [0.1, 0.15) is 5.56 Å². The van der Waals surface area contributed by atoms with Gasteiger partial charge in [0.1, 0.15) is 6.33 Å². The van der Waals surface area contributed by atoms with Crippen LogP contribution in [0, 0.1) is 11.8 Å². The number of rotatable bonds is 3. The summed E-state index contributed by atoms with van der Waals surface area (Å²) in [7, 11) is 1.52. The van der Waals surface area contributed by atoms with Gasteiger partial charge in [-0.15, -0.1) is 0 Å². The maximum absolute atomic E-state index is 5.80. The molecule has 2 rings (SSSR count). The zero-order valence-electron chi connectivity index (χ0n) is 10.1. The van der Waals surface area contributed by atoms with Crippen LogP contribution in [-0.4, -0.2) is 28.7 Å². The van der Waals surface area contributed by atoms with Crippen molar-refractivity contribution >= 4 is 11.6 Å². The molecule has 19 heavy (non-hydrogen) atoms. The van der Waals surface area contributed by atoms with Crippen LogP contribution in [0.15, 0.2) is 31.0 Å². The minimum atomic E-state index is 0.180. The summed E-state index contributed by atoms with van der Waals surface area (Å²) < 4.78 is 10.5. The zero-order chi connectivity index (χ0) is 13.5. The normalized spacial score (nSPS) is 9.37. The van der Waals surface area contributed by atoms with Gasteiger partial charge in [-0.25, -0.2) is 15.0 Å². The zero-order valence-corrected chi connectivity index (χ0v) is 10.9. The quantitative estimate of drug-likeness (QED) is 0.802. The molecule has 0 N–H and O–H groups in total. The molecular formula is C13H10ClN3O2. The van der Waals surface area contributed by atoms with Gasteiger partial charge in [0.15, 0.2) is 12.4 Å². The molecule has 0 aliphatic rings. The minimum Gasteiger partial charge on any atom is -0.491 e. The van der Waals surface area contributed by atoms with E-state index < -0.39 is 0 Å². The first-order chi connectivity index (χ1) is 9.29. The summed E-state index contributed by atoms with van der Waals surface area (Å²) in [5, 5.41) is 0.483. The van der Waals surface area contributed by atoms with E-state index in [9.17, 15) is 0 Å². The topological polar surface area (TPSA) is 57.1 Å². The van der Waals surface area contributed by atoms with Crippen molar-refractivity contribution in [2.45, 2.75) is 0 Å². The molecule has 0 radical (unpaired) electrons. The van der Waals surface area contributed by atoms with Crippen LogP contribution in [0.5, 0.6) is 11.6 Å². The van der Waals surface area contributed by atoms with Crippen LogP contribution >= 0.6 is 11.6 Å². The first-order valence-corrected chi connectivity index (χ1v) is 5.73. The molecule has 0 atom stereocenters. The first-order valence-electron chi connectivity index (χ1n) is 5.36. The summed E-state index contributed by atoms with van der Waals surface area (Å²) in [6, 6.07) is 1.63. The fraction of sp³-hybridized carbons (Fsp3) is 0.154. The van der Waals surface area contributed by atoms with Crippen molar-refractivity contribution in [3.8, 4) is 23.5 Å². The molecule has 0 spiro atoms. The van der Waals surface area contributed by atoms with Gasteiger partial charge in [-0.1, -0.05) is 23.4 Å². The molecule has 0 fully saturated rings. The average Bonchev–Trinajstić information content (AvgIpc) is 2.46. The minimum absolute atomic E-state index is 0.180. The third-order valence-electron chi connectivity index (χ3n) is 2.08. The number of aromatic nitrogens is 3. The van der Waals surface area contributed by atoms with Gasteiger partial charge in [0.2, 0.25) is 0 Å². The van der Waals surface area contributed by atoms with Gasteiger partial charge in [-0.2, -0.15) is 0 Å². The summed E-state index contributed by atoms with van der Waals surface area (Å²) in [6.45, 7) is 0.180. The van der Waals surface area contributed by atoms with E-state index in [4.69, 9.17) is 21.1 Å². The number of methoxy groups -OCH3 is 1. The molecule has 0 aromatic carbocycles. The molecule has 0 saturated heterocycles. The lowest BCUT2D eigenvalue weighted by atomic mass is 10.3. The molecule has 0 bridgehead atoms. The Morgan fingerprint density at radius 1 is 1.26 bits per heavy atom. The van der Waals surface area contributed by atoms with Gasteiger partial charge in [0.05, 0.1) is 17.7 Å². The van der Waals surface area contributed by atoms with E-state index in [0.29, 0.717) is 16.7 Å². The van der Waals surface area contributed by atoms with Gasteiger partial charge >= 0.3 is 0 Å². The fourth-order valence-electron chi connectivity index (χ4n) is 1.27. The van der Waals surface area contributed by atoms with E-state index in [2.05, 4.69) is 26.8 Å². The molecule has 0 saturated carbocycles. The van der Waals surface area contributed by atoms with Crippen molar-refractivity contribution in [2.75, 3.05) is 13.7 Å². The van der Waals surface area contributed by atoms with Crippen LogP contribution in [-0.2, 0) is 0 Å². The Labute approximate surface area is 115 Å². The van der Waals surface area contributed by atoms with E-state index >= 15 is 0 Å². The largest absolute Gasteiger partial charge is 0.491 e. The summed E-state index contributed by atoms with van der Waals surface area (Å²) in [5.74, 6) is 6.53. The summed E-state index contributed by atoms with van der Waals surface area (Å²) in [4.78, 5) is 11.7. The number of hydrogen-bond acceptors (Lipinski definition) is 5. The molecule has 2 aromatic heterocycles. The Bertz CT molecular complexity index is 608. The molecule has 2 aromatic rings. The fourth-order valence-corrected chi connectivity index (χ4v) is 1.42. The SMILES string of the molecule is COc1cc(Cl)cnc1OCC#Cc1cncnc1. The Hall–Kier alpha value is -2.32. The van der Waals surface area contributed by atoms with Crippen LogP contribution < -0.4 is 9.47 Å². The van der Waals surface area contributed by atoms with Crippen molar-refractivity contribution < 1.29 is 9.47 Å². The molecule has 96 valence electrons. The Morgan fingerprint density at radius 2 is 2.05 bits per heavy atom. The highest BCUT2D eigenvalue weighted by molar-refractivity contribution is 6.30. The maximum atomic E-state index is 5.80. The highest BCUT2D eigenvalue weighted by Gasteiger charge is 2.05. The second kappa shape index (κ2) is 6.57. The molecule has 0 aliphatic heterocycles. The van der Waals surface area contributed by atoms with E-state index in [1.807, 2.05) is 0 Å². The Balaban J connectivity index is 1.98. The average molecular weight is 276 g/mol. The van der Waals surface area contributed by atoms with E-state index in [1.165, 1.54) is 19.6 Å². The monoisotopic (exact) mass is 275 g/mol. The lowest BCUT2D eigenvalue weighted by Gasteiger charge is -2.06. The van der Waals surface area contributed by atoms with E-state index in [-0.39, 0.29) is 6.61 Å². The molecule has 5 nitrogen and oxygen atoms in total. The highest BCUT2D eigenvalue weighted by Crippen LogP contribution is 2.26. The van der Waals surface area contributed by atoms with Crippen LogP contribution in [0.25, 0.3) is 0 Å². The molecular weight excluding hydrogens is 266 g/mol. The second-order valence-corrected chi connectivity index (χ2v) is 3.81. The number of ether oxygens (including phenoxy) is 2. The lowest BCUT2D eigenvalue weighted by molar-refractivity contribution is 0.318. The van der Waals surface area contributed by atoms with Crippen molar-refractivity contribution in [1.82, 2.24) is 15.0 Å². The number of pyridine rings is 1. The molecule has 0 amide bonds. The predicted octanol–water partition coefficient (Wildman–Crippen LogP) is 1.96. The summed E-state index contributed by atoms with van der Waals surface area (Å²) in [6.07, 6.45) is 6.18. The summed E-state index contributed by atoms with van der Waals surface area (Å²) in [5.41, 5.74) is 0.724. The maximum Gasteiger partial charge on any atom is 0.258 e. The standard InChI is InChI=1S/C13H10ClN3O2/c1-18-12-5-11(14)8-17-13(12)19-4-2-3-10-6-15-9-16-7-10/h5-9H,4H2,1H3. The van der Waals surface area contributed by atoms with E-state index in [0.717, 1.165) is 5.56 Å². The van der Waals surface area contributed by atoms with Crippen LogP contribution in [0.4, 0.5) is 0 Å².